The molecule has 0 radical (unpaired) electrons. The summed E-state index contributed by atoms with van der Waals surface area (Å²) in [6, 6.07) is 21.6. The highest BCUT2D eigenvalue weighted by atomic mass is 16.3. The number of fused-ring (bicyclic) bond motifs is 2. The van der Waals surface area contributed by atoms with Crippen LogP contribution in [0.2, 0.25) is 0 Å². The lowest BCUT2D eigenvalue weighted by molar-refractivity contribution is 0.0234. The third-order valence-electron chi connectivity index (χ3n) is 4.74. The van der Waals surface area contributed by atoms with E-state index in [2.05, 4.69) is 10.3 Å². The van der Waals surface area contributed by atoms with Crippen molar-refractivity contribution in [3.8, 4) is 0 Å². The summed E-state index contributed by atoms with van der Waals surface area (Å²) in [5, 5.41) is 14.4. The zero-order chi connectivity index (χ0) is 19.7. The summed E-state index contributed by atoms with van der Waals surface area (Å²) in [7, 11) is 0. The Labute approximate surface area is 161 Å². The van der Waals surface area contributed by atoms with E-state index < -0.39 is 11.6 Å². The molecule has 1 amide bonds. The molecule has 1 atom stereocenters. The molecule has 0 saturated carbocycles. The molecule has 0 aliphatic carbocycles. The first-order chi connectivity index (χ1) is 13.4. The Hall–Kier alpha value is -3.44. The fourth-order valence-corrected chi connectivity index (χ4v) is 3.42. The van der Waals surface area contributed by atoms with Gasteiger partial charge in [0.05, 0.1) is 5.52 Å². The molecular weight excluding hydrogens is 352 g/mol. The van der Waals surface area contributed by atoms with E-state index in [0.29, 0.717) is 27.4 Å². The zero-order valence-electron chi connectivity index (χ0n) is 15.4. The van der Waals surface area contributed by atoms with Crippen molar-refractivity contribution in [3.63, 3.8) is 0 Å². The second-order valence-corrected chi connectivity index (χ2v) is 7.15. The van der Waals surface area contributed by atoms with Crippen LogP contribution in [0.4, 0.5) is 0 Å². The van der Waals surface area contributed by atoms with Gasteiger partial charge >= 0.3 is 0 Å². The van der Waals surface area contributed by atoms with Gasteiger partial charge in [-0.25, -0.2) is 0 Å². The Kier molecular flexibility index (Phi) is 4.45. The number of rotatable bonds is 4. The molecule has 4 rings (SSSR count). The predicted octanol–water partition coefficient (Wildman–Crippen LogP) is 3.36. The van der Waals surface area contributed by atoms with Crippen molar-refractivity contribution in [2.45, 2.75) is 19.1 Å². The molecule has 3 N–H and O–H groups in total. The quantitative estimate of drug-likeness (QED) is 0.379. The Bertz CT molecular complexity index is 1230. The third-order valence-corrected chi connectivity index (χ3v) is 4.74. The van der Waals surface area contributed by atoms with Gasteiger partial charge in [-0.2, -0.15) is 0 Å². The normalized spacial score (nSPS) is 13.4. The Morgan fingerprint density at radius 2 is 1.64 bits per heavy atom. The van der Waals surface area contributed by atoms with Gasteiger partial charge in [0.25, 0.3) is 5.91 Å². The van der Waals surface area contributed by atoms with Crippen molar-refractivity contribution in [1.82, 2.24) is 10.3 Å². The highest BCUT2D eigenvalue weighted by Crippen LogP contribution is 2.17. The molecule has 5 nitrogen and oxygen atoms in total. The van der Waals surface area contributed by atoms with Gasteiger partial charge in [0.2, 0.25) is 0 Å². The monoisotopic (exact) mass is 372 g/mol. The van der Waals surface area contributed by atoms with E-state index >= 15 is 0 Å². The van der Waals surface area contributed by atoms with Crippen molar-refractivity contribution in [1.29, 1.82) is 0 Å². The number of nitrogens with one attached hydrogen (secondary N) is 2. The van der Waals surface area contributed by atoms with Crippen LogP contribution < -0.4 is 10.7 Å². The van der Waals surface area contributed by atoms with Gasteiger partial charge in [-0.3, -0.25) is 9.59 Å². The Morgan fingerprint density at radius 1 is 0.964 bits per heavy atom. The van der Waals surface area contributed by atoms with Gasteiger partial charge in [0, 0.05) is 28.3 Å². The summed E-state index contributed by atoms with van der Waals surface area (Å²) in [6.07, 6.45) is 0.286. The Balaban J connectivity index is 1.64. The van der Waals surface area contributed by atoms with E-state index in [1.54, 1.807) is 31.2 Å². The lowest BCUT2D eigenvalue weighted by Crippen LogP contribution is -2.47. The van der Waals surface area contributed by atoms with Gasteiger partial charge in [-0.1, -0.05) is 42.5 Å². The molecule has 5 heteroatoms. The molecule has 0 spiro atoms. The van der Waals surface area contributed by atoms with Gasteiger partial charge in [-0.15, -0.1) is 0 Å². The standard InChI is InChI=1S/C23H20N2O3/c1-23(28,14-15-7-3-2-4-8-15)25-22(27)16-11-12-18-20(13-16)24-19-10-6-5-9-17(19)21(18)26/h2-13,28H,14H2,1H3,(H,24,26)(H,25,27). The van der Waals surface area contributed by atoms with Crippen LogP contribution in [-0.4, -0.2) is 21.7 Å². The molecule has 4 aromatic rings. The number of hydrogen-bond donors (Lipinski definition) is 3. The smallest absolute Gasteiger partial charge is 0.253 e. The number of aromatic amines is 1. The van der Waals surface area contributed by atoms with Crippen LogP contribution in [0.5, 0.6) is 0 Å². The topological polar surface area (TPSA) is 82.2 Å². The van der Waals surface area contributed by atoms with Gasteiger partial charge in [0.1, 0.15) is 5.72 Å². The van der Waals surface area contributed by atoms with E-state index in [4.69, 9.17) is 0 Å². The highest BCUT2D eigenvalue weighted by Gasteiger charge is 2.24. The molecule has 3 aromatic carbocycles. The molecule has 1 heterocycles. The zero-order valence-corrected chi connectivity index (χ0v) is 15.4. The largest absolute Gasteiger partial charge is 0.371 e. The van der Waals surface area contributed by atoms with Gasteiger partial charge in [-0.05, 0) is 42.8 Å². The molecule has 0 aliphatic rings. The van der Waals surface area contributed by atoms with Crippen molar-refractivity contribution < 1.29 is 9.90 Å². The van der Waals surface area contributed by atoms with E-state index in [9.17, 15) is 14.7 Å². The maximum Gasteiger partial charge on any atom is 0.253 e. The molecule has 0 fully saturated rings. The summed E-state index contributed by atoms with van der Waals surface area (Å²) in [6.45, 7) is 1.56. The summed E-state index contributed by atoms with van der Waals surface area (Å²) in [5.41, 5.74) is 1.11. The van der Waals surface area contributed by atoms with Crippen LogP contribution >= 0.6 is 0 Å². The summed E-state index contributed by atoms with van der Waals surface area (Å²) in [4.78, 5) is 28.5. The first-order valence-electron chi connectivity index (χ1n) is 9.07. The molecule has 28 heavy (non-hydrogen) atoms. The number of H-pyrrole nitrogens is 1. The highest BCUT2D eigenvalue weighted by molar-refractivity contribution is 6.00. The van der Waals surface area contributed by atoms with Gasteiger partial charge < -0.3 is 15.4 Å². The van der Waals surface area contributed by atoms with E-state index in [0.717, 1.165) is 5.56 Å². The number of hydrogen-bond acceptors (Lipinski definition) is 3. The molecule has 1 aromatic heterocycles. The fraction of sp³-hybridized carbons (Fsp3) is 0.130. The summed E-state index contributed by atoms with van der Waals surface area (Å²) < 4.78 is 0. The van der Waals surface area contributed by atoms with Crippen molar-refractivity contribution in [2.75, 3.05) is 0 Å². The van der Waals surface area contributed by atoms with Crippen molar-refractivity contribution in [2.24, 2.45) is 0 Å². The van der Waals surface area contributed by atoms with E-state index in [1.165, 1.54) is 0 Å². The average molecular weight is 372 g/mol. The molecule has 1 unspecified atom stereocenters. The number of carbonyl (C=O) groups is 1. The minimum absolute atomic E-state index is 0.0765. The molecule has 0 saturated heterocycles. The number of pyridine rings is 1. The SMILES string of the molecule is CC(O)(Cc1ccccc1)NC(=O)c1ccc2c(=O)c3ccccc3[nH]c2c1. The number of amides is 1. The molecule has 0 bridgehead atoms. The number of para-hydroxylation sites is 1. The maximum atomic E-state index is 12.7. The predicted molar refractivity (Wildman–Crippen MR) is 110 cm³/mol. The third kappa shape index (κ3) is 3.52. The number of aliphatic hydroxyl groups is 1. The first kappa shape index (κ1) is 17.9. The Morgan fingerprint density at radius 3 is 2.43 bits per heavy atom. The van der Waals surface area contributed by atoms with E-state index in [-0.39, 0.29) is 11.8 Å². The molecular formula is C23H20N2O3. The van der Waals surface area contributed by atoms with Crippen LogP contribution in [0.1, 0.15) is 22.8 Å². The summed E-state index contributed by atoms with van der Waals surface area (Å²) in [5.74, 6) is -0.406. The van der Waals surface area contributed by atoms with Crippen molar-refractivity contribution >= 4 is 27.7 Å². The van der Waals surface area contributed by atoms with Crippen LogP contribution in [0.25, 0.3) is 21.8 Å². The minimum Gasteiger partial charge on any atom is -0.371 e. The average Bonchev–Trinajstić information content (AvgIpc) is 2.68. The maximum absolute atomic E-state index is 12.7. The summed E-state index contributed by atoms with van der Waals surface area (Å²) >= 11 is 0. The number of carbonyl (C=O) groups excluding carboxylic acids is 1. The lowest BCUT2D eigenvalue weighted by Gasteiger charge is -2.25. The first-order valence-corrected chi connectivity index (χ1v) is 9.07. The second-order valence-electron chi connectivity index (χ2n) is 7.15. The second kappa shape index (κ2) is 6.94. The van der Waals surface area contributed by atoms with Gasteiger partial charge in [0.15, 0.2) is 5.43 Å². The van der Waals surface area contributed by atoms with Crippen LogP contribution in [0, 0.1) is 0 Å². The van der Waals surface area contributed by atoms with Crippen LogP contribution in [0.15, 0.2) is 77.6 Å². The lowest BCUT2D eigenvalue weighted by atomic mass is 10.0. The van der Waals surface area contributed by atoms with Crippen LogP contribution in [-0.2, 0) is 6.42 Å². The van der Waals surface area contributed by atoms with E-state index in [1.807, 2.05) is 48.5 Å². The molecule has 140 valence electrons. The number of aromatic nitrogens is 1. The minimum atomic E-state index is -1.40. The fourth-order valence-electron chi connectivity index (χ4n) is 3.42. The number of benzene rings is 3. The van der Waals surface area contributed by atoms with Crippen molar-refractivity contribution in [3.05, 3.63) is 94.1 Å². The van der Waals surface area contributed by atoms with Crippen LogP contribution in [0.3, 0.4) is 0 Å². The molecule has 0 aliphatic heterocycles.